The highest BCUT2D eigenvalue weighted by Crippen LogP contribution is 2.33. The second-order valence-electron chi connectivity index (χ2n) is 7.27. The molecule has 132 valence electrons. The zero-order chi connectivity index (χ0) is 17.4. The van der Waals surface area contributed by atoms with Gasteiger partial charge in [0.25, 0.3) is 0 Å². The van der Waals surface area contributed by atoms with Crippen molar-refractivity contribution in [3.63, 3.8) is 0 Å². The molecule has 2 aliphatic heterocycles. The van der Waals surface area contributed by atoms with Crippen LogP contribution in [0.1, 0.15) is 41.9 Å². The number of carbonyl (C=O) groups excluding carboxylic acids is 1. The molecular weight excluding hydrogens is 314 g/mol. The van der Waals surface area contributed by atoms with E-state index in [-0.39, 0.29) is 5.91 Å². The molecule has 25 heavy (non-hydrogen) atoms. The summed E-state index contributed by atoms with van der Waals surface area (Å²) < 4.78 is 5.87. The van der Waals surface area contributed by atoms with Gasteiger partial charge >= 0.3 is 0 Å². The molecule has 0 radical (unpaired) electrons. The fourth-order valence-electron chi connectivity index (χ4n) is 4.26. The third-order valence-electron chi connectivity index (χ3n) is 5.65. The average Bonchev–Trinajstić information content (AvgIpc) is 3.15. The first kappa shape index (κ1) is 16.3. The fraction of sp³-hybridized carbons (Fsp3) is 0.500. The summed E-state index contributed by atoms with van der Waals surface area (Å²) in [7, 11) is 0. The Labute approximate surface area is 148 Å². The average molecular weight is 339 g/mol. The largest absolute Gasteiger partial charge is 0.465 e. The number of piperidine rings is 1. The van der Waals surface area contributed by atoms with E-state index in [0.29, 0.717) is 25.0 Å². The zero-order valence-electron chi connectivity index (χ0n) is 14.9. The molecule has 2 aliphatic rings. The number of likely N-dealkylation sites (tertiary alicyclic amines) is 2. The molecule has 1 amide bonds. The Kier molecular flexibility index (Phi) is 4.34. The highest BCUT2D eigenvalue weighted by Gasteiger charge is 2.43. The van der Waals surface area contributed by atoms with Gasteiger partial charge in [0.1, 0.15) is 11.5 Å². The molecule has 0 aromatic carbocycles. The molecule has 0 bridgehead atoms. The third-order valence-corrected chi connectivity index (χ3v) is 5.65. The molecule has 2 aromatic rings. The van der Waals surface area contributed by atoms with Crippen molar-refractivity contribution in [1.82, 2.24) is 14.8 Å². The number of hydrogen-bond acceptors (Lipinski definition) is 4. The van der Waals surface area contributed by atoms with E-state index in [0.717, 1.165) is 43.0 Å². The van der Waals surface area contributed by atoms with Crippen LogP contribution in [0.4, 0.5) is 0 Å². The Morgan fingerprint density at radius 1 is 1.24 bits per heavy atom. The number of hydrogen-bond donors (Lipinski definition) is 0. The third kappa shape index (κ3) is 3.21. The van der Waals surface area contributed by atoms with Crippen LogP contribution in [-0.2, 0) is 17.9 Å². The SMILES string of the molecule is Cc1cc(CN2CC[C@@H]3[C@H]2CCC(=O)N3Cc2cccnc2)oc1C. The second kappa shape index (κ2) is 6.64. The number of amides is 1. The molecule has 5 heteroatoms. The Morgan fingerprint density at radius 3 is 2.84 bits per heavy atom. The molecule has 0 saturated carbocycles. The Balaban J connectivity index is 1.48. The number of pyridine rings is 1. The van der Waals surface area contributed by atoms with Crippen LogP contribution < -0.4 is 0 Å². The van der Waals surface area contributed by atoms with Gasteiger partial charge in [0, 0.05) is 44.0 Å². The Hall–Kier alpha value is -2.14. The lowest BCUT2D eigenvalue weighted by atomic mass is 9.95. The van der Waals surface area contributed by atoms with Crippen LogP contribution in [0.3, 0.4) is 0 Å². The standard InChI is InChI=1S/C20H25N3O2/c1-14-10-17(25-15(14)2)13-22-9-7-19-18(22)5-6-20(24)23(19)12-16-4-3-8-21-11-16/h3-4,8,10-11,18-19H,5-7,9,12-13H2,1-2H3/t18-,19-/m1/s1. The molecule has 0 spiro atoms. The molecular formula is C20H25N3O2. The number of aryl methyl sites for hydroxylation is 2. The minimum Gasteiger partial charge on any atom is -0.465 e. The van der Waals surface area contributed by atoms with Gasteiger partial charge in [-0.2, -0.15) is 0 Å². The van der Waals surface area contributed by atoms with E-state index in [1.807, 2.05) is 25.3 Å². The summed E-state index contributed by atoms with van der Waals surface area (Å²) in [5.74, 6) is 2.31. The summed E-state index contributed by atoms with van der Waals surface area (Å²) in [5, 5.41) is 0. The predicted molar refractivity (Wildman–Crippen MR) is 94.8 cm³/mol. The number of carbonyl (C=O) groups is 1. The molecule has 2 atom stereocenters. The van der Waals surface area contributed by atoms with Crippen LogP contribution >= 0.6 is 0 Å². The van der Waals surface area contributed by atoms with Crippen LogP contribution in [0.2, 0.25) is 0 Å². The van der Waals surface area contributed by atoms with Crippen molar-refractivity contribution in [1.29, 1.82) is 0 Å². The van der Waals surface area contributed by atoms with Gasteiger partial charge < -0.3 is 9.32 Å². The van der Waals surface area contributed by atoms with Crippen molar-refractivity contribution in [2.24, 2.45) is 0 Å². The highest BCUT2D eigenvalue weighted by atomic mass is 16.3. The molecule has 2 fully saturated rings. The van der Waals surface area contributed by atoms with Crippen LogP contribution in [0.25, 0.3) is 0 Å². The summed E-state index contributed by atoms with van der Waals surface area (Å²) in [6.07, 6.45) is 6.25. The van der Waals surface area contributed by atoms with Gasteiger partial charge in [0.15, 0.2) is 0 Å². The van der Waals surface area contributed by atoms with Crippen molar-refractivity contribution in [3.05, 3.63) is 53.2 Å². The van der Waals surface area contributed by atoms with Crippen LogP contribution in [0.5, 0.6) is 0 Å². The van der Waals surface area contributed by atoms with Gasteiger partial charge in [-0.3, -0.25) is 14.7 Å². The lowest BCUT2D eigenvalue weighted by Crippen LogP contribution is -2.51. The lowest BCUT2D eigenvalue weighted by Gasteiger charge is -2.39. The highest BCUT2D eigenvalue weighted by molar-refractivity contribution is 5.77. The lowest BCUT2D eigenvalue weighted by molar-refractivity contribution is -0.138. The molecule has 0 unspecified atom stereocenters. The first-order valence-corrected chi connectivity index (χ1v) is 9.10. The molecule has 5 nitrogen and oxygen atoms in total. The van der Waals surface area contributed by atoms with Gasteiger partial charge in [-0.15, -0.1) is 0 Å². The topological polar surface area (TPSA) is 49.6 Å². The molecule has 2 saturated heterocycles. The maximum Gasteiger partial charge on any atom is 0.223 e. The molecule has 2 aromatic heterocycles. The number of nitrogens with zero attached hydrogens (tertiary/aromatic N) is 3. The van der Waals surface area contributed by atoms with E-state index in [1.54, 1.807) is 6.20 Å². The maximum absolute atomic E-state index is 12.5. The molecule has 0 N–H and O–H groups in total. The van der Waals surface area contributed by atoms with E-state index < -0.39 is 0 Å². The van der Waals surface area contributed by atoms with Crippen LogP contribution in [-0.4, -0.2) is 39.3 Å². The minimum atomic E-state index is 0.275. The minimum absolute atomic E-state index is 0.275. The second-order valence-corrected chi connectivity index (χ2v) is 7.27. The zero-order valence-corrected chi connectivity index (χ0v) is 14.9. The van der Waals surface area contributed by atoms with Crippen molar-refractivity contribution >= 4 is 5.91 Å². The van der Waals surface area contributed by atoms with Gasteiger partial charge in [-0.1, -0.05) is 6.07 Å². The Morgan fingerprint density at radius 2 is 2.12 bits per heavy atom. The summed E-state index contributed by atoms with van der Waals surface area (Å²) in [6.45, 7) is 6.63. The number of aromatic nitrogens is 1. The van der Waals surface area contributed by atoms with Gasteiger partial charge in [0.2, 0.25) is 5.91 Å². The number of furan rings is 1. The Bertz CT molecular complexity index is 736. The van der Waals surface area contributed by atoms with Crippen molar-refractivity contribution in [2.45, 2.75) is 58.3 Å². The first-order chi connectivity index (χ1) is 12.1. The summed E-state index contributed by atoms with van der Waals surface area (Å²) >= 11 is 0. The van der Waals surface area contributed by atoms with Crippen molar-refractivity contribution < 1.29 is 9.21 Å². The smallest absolute Gasteiger partial charge is 0.223 e. The van der Waals surface area contributed by atoms with E-state index in [4.69, 9.17) is 4.42 Å². The van der Waals surface area contributed by atoms with Crippen LogP contribution in [0.15, 0.2) is 35.0 Å². The molecule has 4 rings (SSSR count). The number of rotatable bonds is 4. The summed E-state index contributed by atoms with van der Waals surface area (Å²) in [5.41, 5.74) is 2.31. The summed E-state index contributed by atoms with van der Waals surface area (Å²) in [4.78, 5) is 21.3. The van der Waals surface area contributed by atoms with E-state index in [9.17, 15) is 4.79 Å². The van der Waals surface area contributed by atoms with Gasteiger partial charge in [-0.25, -0.2) is 0 Å². The summed E-state index contributed by atoms with van der Waals surface area (Å²) in [6, 6.07) is 6.86. The monoisotopic (exact) mass is 339 g/mol. The normalized spacial score (nSPS) is 23.9. The predicted octanol–water partition coefficient (Wildman–Crippen LogP) is 3.06. The van der Waals surface area contributed by atoms with Crippen LogP contribution in [0, 0.1) is 13.8 Å². The van der Waals surface area contributed by atoms with Crippen molar-refractivity contribution in [2.75, 3.05) is 6.54 Å². The molecule has 4 heterocycles. The van der Waals surface area contributed by atoms with Crippen molar-refractivity contribution in [3.8, 4) is 0 Å². The van der Waals surface area contributed by atoms with Gasteiger partial charge in [0.05, 0.1) is 6.54 Å². The van der Waals surface area contributed by atoms with E-state index in [1.165, 1.54) is 5.56 Å². The molecule has 0 aliphatic carbocycles. The maximum atomic E-state index is 12.5. The fourth-order valence-corrected chi connectivity index (χ4v) is 4.26. The quantitative estimate of drug-likeness (QED) is 0.859. The van der Waals surface area contributed by atoms with E-state index in [2.05, 4.69) is 27.8 Å². The van der Waals surface area contributed by atoms with E-state index >= 15 is 0 Å². The number of fused-ring (bicyclic) bond motifs is 1. The van der Waals surface area contributed by atoms with Gasteiger partial charge in [-0.05, 0) is 49.9 Å². The first-order valence-electron chi connectivity index (χ1n) is 9.10.